The molecule has 1 aromatic heterocycles. The summed E-state index contributed by atoms with van der Waals surface area (Å²) >= 11 is 0. The number of hydrogen-bond donors (Lipinski definition) is 2. The molecule has 6 nitrogen and oxygen atoms in total. The average Bonchev–Trinajstić information content (AvgIpc) is 2.65. The van der Waals surface area contributed by atoms with Crippen molar-refractivity contribution in [1.29, 1.82) is 0 Å². The van der Waals surface area contributed by atoms with Crippen molar-refractivity contribution in [3.8, 4) is 0 Å². The number of guanidine groups is 1. The maximum Gasteiger partial charge on any atom is 0.188 e. The van der Waals surface area contributed by atoms with E-state index in [2.05, 4.69) is 31.7 Å². The van der Waals surface area contributed by atoms with E-state index in [1.807, 2.05) is 0 Å². The van der Waals surface area contributed by atoms with Crippen LogP contribution in [-0.4, -0.2) is 33.8 Å². The van der Waals surface area contributed by atoms with E-state index in [0.717, 1.165) is 31.0 Å². The van der Waals surface area contributed by atoms with Gasteiger partial charge in [0, 0.05) is 32.5 Å². The topological polar surface area (TPSA) is 81.1 Å². The Bertz CT molecular complexity index is 448. The highest BCUT2D eigenvalue weighted by Crippen LogP contribution is 2.14. The summed E-state index contributed by atoms with van der Waals surface area (Å²) in [6, 6.07) is 0. The first kappa shape index (κ1) is 13.6. The van der Waals surface area contributed by atoms with Gasteiger partial charge in [-0.05, 0) is 12.8 Å². The van der Waals surface area contributed by atoms with E-state index in [1.165, 1.54) is 19.3 Å². The van der Waals surface area contributed by atoms with Crippen molar-refractivity contribution in [3.63, 3.8) is 0 Å². The lowest BCUT2D eigenvalue weighted by molar-refractivity contribution is 0.604. The second-order valence-electron chi connectivity index (χ2n) is 4.68. The van der Waals surface area contributed by atoms with Crippen LogP contribution in [0.5, 0.6) is 0 Å². The fourth-order valence-corrected chi connectivity index (χ4v) is 2.24. The Morgan fingerprint density at radius 2 is 2.32 bits per heavy atom. The van der Waals surface area contributed by atoms with Gasteiger partial charge in [-0.2, -0.15) is 0 Å². The quantitative estimate of drug-likeness (QED) is 0.463. The van der Waals surface area contributed by atoms with Crippen molar-refractivity contribution >= 4 is 5.96 Å². The third-order valence-corrected chi connectivity index (χ3v) is 3.23. The maximum atomic E-state index is 5.71. The zero-order valence-corrected chi connectivity index (χ0v) is 11.3. The van der Waals surface area contributed by atoms with E-state index in [4.69, 9.17) is 5.73 Å². The predicted octanol–water partition coefficient (Wildman–Crippen LogP) is 0.637. The molecule has 0 aromatic carbocycles. The molecule has 1 aliphatic rings. The van der Waals surface area contributed by atoms with E-state index in [-0.39, 0.29) is 0 Å². The van der Waals surface area contributed by atoms with Gasteiger partial charge in [-0.15, -0.1) is 16.8 Å². The Morgan fingerprint density at radius 1 is 1.42 bits per heavy atom. The molecular formula is C13H22N6. The van der Waals surface area contributed by atoms with Gasteiger partial charge in [-0.3, -0.25) is 4.99 Å². The smallest absolute Gasteiger partial charge is 0.188 e. The first-order chi connectivity index (χ1) is 9.31. The molecule has 0 bridgehead atoms. The molecule has 1 aliphatic heterocycles. The van der Waals surface area contributed by atoms with E-state index in [0.29, 0.717) is 19.0 Å². The summed E-state index contributed by atoms with van der Waals surface area (Å²) in [6.07, 6.45) is 7.28. The van der Waals surface area contributed by atoms with Crippen LogP contribution in [0.25, 0.3) is 0 Å². The molecule has 0 atom stereocenters. The van der Waals surface area contributed by atoms with Crippen molar-refractivity contribution in [2.45, 2.75) is 38.6 Å². The first-order valence-corrected chi connectivity index (χ1v) is 6.87. The van der Waals surface area contributed by atoms with Crippen LogP contribution in [-0.2, 0) is 19.4 Å². The minimum Gasteiger partial charge on any atom is -0.370 e. The van der Waals surface area contributed by atoms with Gasteiger partial charge in [0.1, 0.15) is 11.6 Å². The van der Waals surface area contributed by atoms with Crippen LogP contribution in [0.15, 0.2) is 17.6 Å². The van der Waals surface area contributed by atoms with E-state index < -0.39 is 0 Å². The molecule has 0 spiro atoms. The highest BCUT2D eigenvalue weighted by atomic mass is 15.3. The Kier molecular flexibility index (Phi) is 4.94. The molecule has 0 saturated heterocycles. The van der Waals surface area contributed by atoms with Crippen molar-refractivity contribution in [2.24, 2.45) is 10.7 Å². The highest BCUT2D eigenvalue weighted by Gasteiger charge is 2.13. The van der Waals surface area contributed by atoms with Gasteiger partial charge in [-0.25, -0.2) is 0 Å². The van der Waals surface area contributed by atoms with Crippen molar-refractivity contribution in [3.05, 3.63) is 24.3 Å². The largest absolute Gasteiger partial charge is 0.370 e. The van der Waals surface area contributed by atoms with Gasteiger partial charge >= 0.3 is 0 Å². The number of aromatic nitrogens is 3. The number of aliphatic imine (C=N–C) groups is 1. The number of fused-ring (bicyclic) bond motifs is 1. The van der Waals surface area contributed by atoms with Crippen LogP contribution in [0.1, 0.15) is 30.9 Å². The number of hydrogen-bond acceptors (Lipinski definition) is 3. The number of rotatable bonds is 5. The summed E-state index contributed by atoms with van der Waals surface area (Å²) in [4.78, 5) is 4.26. The minimum absolute atomic E-state index is 0.454. The molecular weight excluding hydrogens is 240 g/mol. The molecule has 6 heteroatoms. The SMILES string of the molecule is C=CCNC(N)=NCCc1nnc2n1CCCCC2. The number of nitrogens with zero attached hydrogens (tertiary/aromatic N) is 4. The summed E-state index contributed by atoms with van der Waals surface area (Å²) in [6.45, 7) is 5.92. The van der Waals surface area contributed by atoms with Crippen LogP contribution >= 0.6 is 0 Å². The molecule has 0 aliphatic carbocycles. The molecule has 0 unspecified atom stereocenters. The zero-order chi connectivity index (χ0) is 13.5. The van der Waals surface area contributed by atoms with E-state index >= 15 is 0 Å². The lowest BCUT2D eigenvalue weighted by Gasteiger charge is -2.06. The van der Waals surface area contributed by atoms with Crippen LogP contribution in [0.2, 0.25) is 0 Å². The Morgan fingerprint density at radius 3 is 3.16 bits per heavy atom. The van der Waals surface area contributed by atoms with Crippen molar-refractivity contribution in [2.75, 3.05) is 13.1 Å². The summed E-state index contributed by atoms with van der Waals surface area (Å²) in [5.74, 6) is 2.60. The average molecular weight is 262 g/mol. The lowest BCUT2D eigenvalue weighted by atomic mass is 10.2. The van der Waals surface area contributed by atoms with E-state index in [1.54, 1.807) is 6.08 Å². The van der Waals surface area contributed by atoms with Gasteiger partial charge in [0.2, 0.25) is 0 Å². The fourth-order valence-electron chi connectivity index (χ4n) is 2.24. The van der Waals surface area contributed by atoms with Crippen molar-refractivity contribution in [1.82, 2.24) is 20.1 Å². The van der Waals surface area contributed by atoms with Gasteiger partial charge in [0.05, 0.1) is 0 Å². The summed E-state index contributed by atoms with van der Waals surface area (Å²) in [5.41, 5.74) is 5.71. The molecule has 1 aromatic rings. The third kappa shape index (κ3) is 3.81. The standard InChI is InChI=1S/C13H22N6/c1-2-8-15-13(14)16-9-7-12-18-17-11-6-4-3-5-10-19(11)12/h2H,1,3-10H2,(H3,14,15,16). The van der Waals surface area contributed by atoms with Gasteiger partial charge in [0.15, 0.2) is 5.96 Å². The Labute approximate surface area is 113 Å². The minimum atomic E-state index is 0.454. The summed E-state index contributed by atoms with van der Waals surface area (Å²) in [7, 11) is 0. The molecule has 0 radical (unpaired) electrons. The van der Waals surface area contributed by atoms with Gasteiger partial charge in [0.25, 0.3) is 0 Å². The molecule has 0 saturated carbocycles. The van der Waals surface area contributed by atoms with Crippen LogP contribution in [0.3, 0.4) is 0 Å². The predicted molar refractivity (Wildman–Crippen MR) is 76.0 cm³/mol. The maximum absolute atomic E-state index is 5.71. The van der Waals surface area contributed by atoms with Gasteiger partial charge < -0.3 is 15.6 Å². The second kappa shape index (κ2) is 6.92. The second-order valence-corrected chi connectivity index (χ2v) is 4.68. The van der Waals surface area contributed by atoms with Crippen LogP contribution < -0.4 is 11.1 Å². The molecule has 19 heavy (non-hydrogen) atoms. The third-order valence-electron chi connectivity index (χ3n) is 3.23. The molecule has 0 fully saturated rings. The number of nitrogens with two attached hydrogens (primary N) is 1. The fraction of sp³-hybridized carbons (Fsp3) is 0.615. The molecule has 0 amide bonds. The zero-order valence-electron chi connectivity index (χ0n) is 11.3. The van der Waals surface area contributed by atoms with Gasteiger partial charge in [-0.1, -0.05) is 12.5 Å². The molecule has 3 N–H and O–H groups in total. The molecule has 104 valence electrons. The van der Waals surface area contributed by atoms with E-state index in [9.17, 15) is 0 Å². The summed E-state index contributed by atoms with van der Waals surface area (Å²) < 4.78 is 2.25. The normalized spacial score (nSPS) is 15.7. The Hall–Kier alpha value is -1.85. The number of nitrogens with one attached hydrogen (secondary N) is 1. The number of aryl methyl sites for hydroxylation is 1. The van der Waals surface area contributed by atoms with Crippen LogP contribution in [0.4, 0.5) is 0 Å². The molecule has 2 rings (SSSR count). The summed E-state index contributed by atoms with van der Waals surface area (Å²) in [5, 5.41) is 11.5. The van der Waals surface area contributed by atoms with Crippen LogP contribution in [0, 0.1) is 0 Å². The molecule has 2 heterocycles. The van der Waals surface area contributed by atoms with Crippen molar-refractivity contribution < 1.29 is 0 Å². The monoisotopic (exact) mass is 262 g/mol. The Balaban J connectivity index is 1.89. The first-order valence-electron chi connectivity index (χ1n) is 6.87. The lowest BCUT2D eigenvalue weighted by Crippen LogP contribution is -2.31. The highest BCUT2D eigenvalue weighted by molar-refractivity contribution is 5.77.